The van der Waals surface area contributed by atoms with Gasteiger partial charge in [-0.1, -0.05) is 34.6 Å². The molecule has 1 fully saturated rings. The van der Waals surface area contributed by atoms with Crippen molar-refractivity contribution in [2.45, 2.75) is 60.3 Å². The molecule has 1 aliphatic rings. The van der Waals surface area contributed by atoms with Gasteiger partial charge in [0.2, 0.25) is 11.8 Å². The van der Waals surface area contributed by atoms with Crippen LogP contribution in [0.4, 0.5) is 0 Å². The van der Waals surface area contributed by atoms with Crippen molar-refractivity contribution in [1.29, 1.82) is 0 Å². The van der Waals surface area contributed by atoms with Crippen molar-refractivity contribution in [2.24, 2.45) is 17.3 Å². The van der Waals surface area contributed by atoms with Gasteiger partial charge < -0.3 is 4.74 Å². The molecule has 6 heteroatoms. The summed E-state index contributed by atoms with van der Waals surface area (Å²) < 4.78 is 5.36. The minimum atomic E-state index is -0.352. The van der Waals surface area contributed by atoms with Gasteiger partial charge in [0.1, 0.15) is 5.78 Å². The Morgan fingerprint density at radius 1 is 1.16 bits per heavy atom. The molecule has 142 valence electrons. The number of rotatable bonds is 10. The average Bonchev–Trinajstić information content (AvgIpc) is 2.78. The molecule has 0 aliphatic carbocycles. The highest BCUT2D eigenvalue weighted by molar-refractivity contribution is 6.06. The predicted molar refractivity (Wildman–Crippen MR) is 93.8 cm³/mol. The van der Waals surface area contributed by atoms with E-state index >= 15 is 0 Å². The van der Waals surface area contributed by atoms with E-state index in [1.807, 2.05) is 34.6 Å². The van der Waals surface area contributed by atoms with Crippen molar-refractivity contribution in [3.8, 4) is 0 Å². The van der Waals surface area contributed by atoms with Crippen molar-refractivity contribution in [3.63, 3.8) is 0 Å². The summed E-state index contributed by atoms with van der Waals surface area (Å²) in [7, 11) is 0. The van der Waals surface area contributed by atoms with Crippen LogP contribution in [-0.4, -0.2) is 48.0 Å². The molecule has 0 saturated carbocycles. The van der Waals surface area contributed by atoms with Gasteiger partial charge in [0.15, 0.2) is 5.78 Å². The minimum absolute atomic E-state index is 0.0117. The molecule has 0 aromatic carbocycles. The largest absolute Gasteiger partial charge is 0.381 e. The van der Waals surface area contributed by atoms with Gasteiger partial charge in [0.25, 0.3) is 0 Å². The van der Waals surface area contributed by atoms with E-state index in [0.29, 0.717) is 26.1 Å². The van der Waals surface area contributed by atoms with Gasteiger partial charge in [-0.05, 0) is 11.8 Å². The first-order chi connectivity index (χ1) is 11.5. The Balaban J connectivity index is 2.28. The second-order valence-electron chi connectivity index (χ2n) is 8.07. The lowest BCUT2D eigenvalue weighted by molar-refractivity contribution is -0.143. The molecular formula is C19H31NO5. The molecule has 0 aromatic rings. The lowest BCUT2D eigenvalue weighted by Gasteiger charge is -2.24. The van der Waals surface area contributed by atoms with Crippen molar-refractivity contribution >= 4 is 23.4 Å². The van der Waals surface area contributed by atoms with Crippen LogP contribution in [0.25, 0.3) is 0 Å². The van der Waals surface area contributed by atoms with Gasteiger partial charge in [-0.3, -0.25) is 24.1 Å². The first-order valence-electron chi connectivity index (χ1n) is 9.00. The molecule has 25 heavy (non-hydrogen) atoms. The highest BCUT2D eigenvalue weighted by Gasteiger charge is 2.44. The SMILES string of the molecule is CC(C)C(=O)CCOCCCC(=O)CN1C(=O)CC(C(C)(C)C)C1=O. The molecule has 1 atom stereocenters. The van der Waals surface area contributed by atoms with Crippen LogP contribution < -0.4 is 0 Å². The highest BCUT2D eigenvalue weighted by atomic mass is 16.5. The van der Waals surface area contributed by atoms with Crippen LogP contribution in [0.5, 0.6) is 0 Å². The van der Waals surface area contributed by atoms with Crippen LogP contribution in [0, 0.1) is 17.3 Å². The van der Waals surface area contributed by atoms with E-state index in [-0.39, 0.29) is 60.0 Å². The van der Waals surface area contributed by atoms with E-state index in [2.05, 4.69) is 0 Å². The van der Waals surface area contributed by atoms with Crippen LogP contribution >= 0.6 is 0 Å². The van der Waals surface area contributed by atoms with E-state index in [9.17, 15) is 19.2 Å². The Morgan fingerprint density at radius 3 is 2.32 bits per heavy atom. The van der Waals surface area contributed by atoms with Gasteiger partial charge in [-0.25, -0.2) is 0 Å². The van der Waals surface area contributed by atoms with Crippen LogP contribution in [0.15, 0.2) is 0 Å². The smallest absolute Gasteiger partial charge is 0.233 e. The normalized spacial score (nSPS) is 18.3. The molecule has 1 heterocycles. The Labute approximate surface area is 150 Å². The van der Waals surface area contributed by atoms with Crippen LogP contribution in [-0.2, 0) is 23.9 Å². The molecule has 0 N–H and O–H groups in total. The van der Waals surface area contributed by atoms with Gasteiger partial charge in [-0.2, -0.15) is 0 Å². The number of Topliss-reactive ketones (excluding diaryl/α,β-unsaturated/α-hetero) is 2. The zero-order valence-corrected chi connectivity index (χ0v) is 16.1. The number of hydrogen-bond donors (Lipinski definition) is 0. The molecule has 1 rings (SSSR count). The van der Waals surface area contributed by atoms with E-state index in [4.69, 9.17) is 4.74 Å². The quantitative estimate of drug-likeness (QED) is 0.445. The molecular weight excluding hydrogens is 322 g/mol. The Morgan fingerprint density at radius 2 is 1.80 bits per heavy atom. The number of amides is 2. The van der Waals surface area contributed by atoms with E-state index < -0.39 is 0 Å². The van der Waals surface area contributed by atoms with Crippen LogP contribution in [0.2, 0.25) is 0 Å². The van der Waals surface area contributed by atoms with Gasteiger partial charge in [-0.15, -0.1) is 0 Å². The van der Waals surface area contributed by atoms with Crippen LogP contribution in [0.3, 0.4) is 0 Å². The second kappa shape index (κ2) is 9.22. The summed E-state index contributed by atoms with van der Waals surface area (Å²) in [6.45, 7) is 10.1. The number of carbonyl (C=O) groups is 4. The molecule has 1 unspecified atom stereocenters. The fourth-order valence-corrected chi connectivity index (χ4v) is 2.72. The molecule has 1 aliphatic heterocycles. The summed E-state index contributed by atoms with van der Waals surface area (Å²) in [5, 5.41) is 0. The zero-order chi connectivity index (χ0) is 19.2. The maximum atomic E-state index is 12.3. The van der Waals surface area contributed by atoms with Crippen molar-refractivity contribution in [3.05, 3.63) is 0 Å². The zero-order valence-electron chi connectivity index (χ0n) is 16.1. The number of carbonyl (C=O) groups excluding carboxylic acids is 4. The molecule has 6 nitrogen and oxygen atoms in total. The lowest BCUT2D eigenvalue weighted by atomic mass is 9.80. The summed E-state index contributed by atoms with van der Waals surface area (Å²) in [5.41, 5.74) is -0.286. The summed E-state index contributed by atoms with van der Waals surface area (Å²) in [6, 6.07) is 0. The number of imide groups is 1. The standard InChI is InChI=1S/C19H31NO5/c1-13(2)16(22)8-10-25-9-6-7-14(21)12-20-17(23)11-15(18(20)24)19(3,4)5/h13,15H,6-12H2,1-5H3. The first kappa shape index (κ1) is 21.5. The van der Waals surface area contributed by atoms with Gasteiger partial charge in [0.05, 0.1) is 19.1 Å². The van der Waals surface area contributed by atoms with Gasteiger partial charge in [0, 0.05) is 31.8 Å². The highest BCUT2D eigenvalue weighted by Crippen LogP contribution is 2.35. The molecule has 1 saturated heterocycles. The van der Waals surface area contributed by atoms with Crippen molar-refractivity contribution < 1.29 is 23.9 Å². The topological polar surface area (TPSA) is 80.8 Å². The Hall–Kier alpha value is -1.56. The van der Waals surface area contributed by atoms with Crippen molar-refractivity contribution in [2.75, 3.05) is 19.8 Å². The number of likely N-dealkylation sites (tertiary alicyclic amines) is 1. The van der Waals surface area contributed by atoms with Crippen molar-refractivity contribution in [1.82, 2.24) is 4.90 Å². The monoisotopic (exact) mass is 353 g/mol. The summed E-state index contributed by atoms with van der Waals surface area (Å²) >= 11 is 0. The molecule has 0 bridgehead atoms. The molecule has 0 spiro atoms. The van der Waals surface area contributed by atoms with E-state index in [1.54, 1.807) is 0 Å². The first-order valence-corrected chi connectivity index (χ1v) is 9.00. The summed E-state index contributed by atoms with van der Waals surface area (Å²) in [6.07, 6.45) is 1.35. The average molecular weight is 353 g/mol. The number of hydrogen-bond acceptors (Lipinski definition) is 5. The summed E-state index contributed by atoms with van der Waals surface area (Å²) in [5.74, 6) is -0.822. The fourth-order valence-electron chi connectivity index (χ4n) is 2.72. The predicted octanol–water partition coefficient (Wildman–Crippen LogP) is 2.39. The fraction of sp³-hybridized carbons (Fsp3) is 0.789. The maximum Gasteiger partial charge on any atom is 0.233 e. The number of ether oxygens (including phenoxy) is 1. The Bertz CT molecular complexity index is 518. The van der Waals surface area contributed by atoms with E-state index in [0.717, 1.165) is 4.90 Å². The lowest BCUT2D eigenvalue weighted by Crippen LogP contribution is -2.37. The third kappa shape index (κ3) is 6.69. The maximum absolute atomic E-state index is 12.3. The summed E-state index contributed by atoms with van der Waals surface area (Å²) in [4.78, 5) is 48.9. The third-order valence-electron chi connectivity index (χ3n) is 4.50. The molecule has 0 radical (unpaired) electrons. The number of nitrogens with zero attached hydrogens (tertiary/aromatic N) is 1. The Kier molecular flexibility index (Phi) is 7.93. The third-order valence-corrected chi connectivity index (χ3v) is 4.50. The molecule has 0 aromatic heterocycles. The van der Waals surface area contributed by atoms with Crippen LogP contribution in [0.1, 0.15) is 60.3 Å². The minimum Gasteiger partial charge on any atom is -0.381 e. The molecule has 2 amide bonds. The number of ketones is 2. The second-order valence-corrected chi connectivity index (χ2v) is 8.07. The van der Waals surface area contributed by atoms with E-state index in [1.165, 1.54) is 0 Å². The van der Waals surface area contributed by atoms with Gasteiger partial charge >= 0.3 is 0 Å².